The molecule has 0 aliphatic carbocycles. The minimum Gasteiger partial charge on any atom is -0.426 e. The molecule has 0 aliphatic rings. The molecule has 4 heteroatoms. The topological polar surface area (TPSA) is 46.5 Å². The predicted octanol–water partition coefficient (Wildman–Crippen LogP) is 2.75. The zero-order valence-corrected chi connectivity index (χ0v) is 12.0. The first-order chi connectivity index (χ1) is 7.21. The smallest absolute Gasteiger partial charge is 0.308 e. The zero-order valence-electron chi connectivity index (χ0n) is 9.80. The minimum absolute atomic E-state index is 0.356. The van der Waals surface area contributed by atoms with E-state index in [1.54, 1.807) is 19.9 Å². The van der Waals surface area contributed by atoms with Crippen LogP contribution in [0.5, 0.6) is 5.75 Å². The molecule has 0 fully saturated rings. The Morgan fingerprint density at radius 3 is 2.44 bits per heavy atom. The number of rotatable bonds is 2. The standard InChI is InChI=1S/C12H15IO3/c1-7-5-9(12(3,4)15)6-10(11(7)13)16-8(2)14/h5-6,15H,1-4H3. The van der Waals surface area contributed by atoms with Crippen LogP contribution in [0.2, 0.25) is 0 Å². The van der Waals surface area contributed by atoms with Gasteiger partial charge >= 0.3 is 5.97 Å². The molecule has 1 rings (SSSR count). The van der Waals surface area contributed by atoms with Crippen molar-refractivity contribution >= 4 is 28.6 Å². The maximum absolute atomic E-state index is 10.9. The molecule has 0 saturated heterocycles. The molecule has 0 amide bonds. The molecule has 1 N–H and O–H groups in total. The maximum Gasteiger partial charge on any atom is 0.308 e. The second-order valence-corrected chi connectivity index (χ2v) is 5.34. The Bertz CT molecular complexity index is 419. The normalized spacial score (nSPS) is 11.4. The average molecular weight is 334 g/mol. The molecule has 0 radical (unpaired) electrons. The highest BCUT2D eigenvalue weighted by atomic mass is 127. The van der Waals surface area contributed by atoms with Gasteiger partial charge in [-0.25, -0.2) is 0 Å². The van der Waals surface area contributed by atoms with Crippen molar-refractivity contribution in [2.24, 2.45) is 0 Å². The third-order valence-electron chi connectivity index (χ3n) is 2.18. The molecule has 0 heterocycles. The molecule has 0 bridgehead atoms. The Labute approximate surface area is 109 Å². The Hall–Kier alpha value is -0.620. The van der Waals surface area contributed by atoms with E-state index < -0.39 is 5.60 Å². The first-order valence-electron chi connectivity index (χ1n) is 4.93. The van der Waals surface area contributed by atoms with Crippen LogP contribution in [0.25, 0.3) is 0 Å². The quantitative estimate of drug-likeness (QED) is 0.514. The van der Waals surface area contributed by atoms with Crippen LogP contribution in [0, 0.1) is 10.5 Å². The third-order valence-corrected chi connectivity index (χ3v) is 3.56. The Morgan fingerprint density at radius 1 is 1.44 bits per heavy atom. The number of hydrogen-bond donors (Lipinski definition) is 1. The van der Waals surface area contributed by atoms with Crippen molar-refractivity contribution in [2.45, 2.75) is 33.3 Å². The van der Waals surface area contributed by atoms with E-state index in [1.165, 1.54) is 6.92 Å². The van der Waals surface area contributed by atoms with Crippen molar-refractivity contribution in [3.05, 3.63) is 26.8 Å². The maximum atomic E-state index is 10.9. The Balaban J connectivity index is 3.27. The molecule has 3 nitrogen and oxygen atoms in total. The summed E-state index contributed by atoms with van der Waals surface area (Å²) < 4.78 is 5.99. The van der Waals surface area contributed by atoms with Gasteiger partial charge in [0.25, 0.3) is 0 Å². The molecule has 0 saturated carbocycles. The number of carbonyl (C=O) groups is 1. The van der Waals surface area contributed by atoms with E-state index in [9.17, 15) is 9.90 Å². The molecule has 1 aromatic rings. The molecule has 1 aromatic carbocycles. The summed E-state index contributed by atoms with van der Waals surface area (Å²) in [5.41, 5.74) is 0.780. The largest absolute Gasteiger partial charge is 0.426 e. The molecule has 0 spiro atoms. The van der Waals surface area contributed by atoms with Crippen LogP contribution in [0.1, 0.15) is 31.9 Å². The molecule has 0 aromatic heterocycles. The van der Waals surface area contributed by atoms with Crippen LogP contribution in [-0.4, -0.2) is 11.1 Å². The number of hydrogen-bond acceptors (Lipinski definition) is 3. The molecule has 0 aliphatic heterocycles. The minimum atomic E-state index is -0.940. The lowest BCUT2D eigenvalue weighted by Crippen LogP contribution is -2.16. The van der Waals surface area contributed by atoms with Gasteiger partial charge in [-0.3, -0.25) is 4.79 Å². The zero-order chi connectivity index (χ0) is 12.5. The van der Waals surface area contributed by atoms with E-state index in [-0.39, 0.29) is 5.97 Å². The summed E-state index contributed by atoms with van der Waals surface area (Å²) in [6, 6.07) is 3.60. The van der Waals surface area contributed by atoms with Gasteiger partial charge in [-0.2, -0.15) is 0 Å². The van der Waals surface area contributed by atoms with E-state index >= 15 is 0 Å². The van der Waals surface area contributed by atoms with Gasteiger partial charge in [0.2, 0.25) is 0 Å². The summed E-state index contributed by atoms with van der Waals surface area (Å²) >= 11 is 2.12. The summed E-state index contributed by atoms with van der Waals surface area (Å²) in [6.07, 6.45) is 0. The van der Waals surface area contributed by atoms with Gasteiger partial charge in [-0.15, -0.1) is 0 Å². The van der Waals surface area contributed by atoms with E-state index in [0.717, 1.165) is 14.7 Å². The Kier molecular flexibility index (Phi) is 3.96. The van der Waals surface area contributed by atoms with Gasteiger partial charge in [0, 0.05) is 6.92 Å². The first-order valence-corrected chi connectivity index (χ1v) is 6.01. The fourth-order valence-corrected chi connectivity index (χ4v) is 1.74. The molecule has 16 heavy (non-hydrogen) atoms. The van der Waals surface area contributed by atoms with E-state index in [2.05, 4.69) is 22.6 Å². The number of esters is 1. The summed E-state index contributed by atoms with van der Waals surface area (Å²) in [7, 11) is 0. The van der Waals surface area contributed by atoms with E-state index in [1.807, 2.05) is 13.0 Å². The number of halogens is 1. The van der Waals surface area contributed by atoms with Gasteiger partial charge in [0.15, 0.2) is 0 Å². The van der Waals surface area contributed by atoms with E-state index in [4.69, 9.17) is 4.74 Å². The van der Waals surface area contributed by atoms with Gasteiger partial charge in [-0.05, 0) is 60.6 Å². The molecular formula is C12H15IO3. The van der Waals surface area contributed by atoms with Crippen LogP contribution in [0.3, 0.4) is 0 Å². The van der Waals surface area contributed by atoms with Gasteiger partial charge in [0.1, 0.15) is 5.75 Å². The van der Waals surface area contributed by atoms with Crippen LogP contribution < -0.4 is 4.74 Å². The lowest BCUT2D eigenvalue weighted by molar-refractivity contribution is -0.131. The summed E-state index contributed by atoms with van der Waals surface area (Å²) in [5, 5.41) is 9.92. The molecule has 88 valence electrons. The van der Waals surface area contributed by atoms with Crippen molar-refractivity contribution in [3.63, 3.8) is 0 Å². The third kappa shape index (κ3) is 3.18. The monoisotopic (exact) mass is 334 g/mol. The Morgan fingerprint density at radius 2 is 2.00 bits per heavy atom. The number of ether oxygens (including phenoxy) is 1. The van der Waals surface area contributed by atoms with Gasteiger partial charge in [0.05, 0.1) is 9.17 Å². The fraction of sp³-hybridized carbons (Fsp3) is 0.417. The summed E-state index contributed by atoms with van der Waals surface area (Å²) in [5.74, 6) is 0.149. The number of benzene rings is 1. The lowest BCUT2D eigenvalue weighted by atomic mass is 9.96. The summed E-state index contributed by atoms with van der Waals surface area (Å²) in [6.45, 7) is 6.69. The molecule has 0 atom stereocenters. The lowest BCUT2D eigenvalue weighted by Gasteiger charge is -2.20. The van der Waals surface area contributed by atoms with Crippen molar-refractivity contribution in [1.82, 2.24) is 0 Å². The van der Waals surface area contributed by atoms with Crippen molar-refractivity contribution in [3.8, 4) is 5.75 Å². The van der Waals surface area contributed by atoms with Crippen molar-refractivity contribution in [1.29, 1.82) is 0 Å². The number of aryl methyl sites for hydroxylation is 1. The average Bonchev–Trinajstić information content (AvgIpc) is 2.10. The van der Waals surface area contributed by atoms with Crippen LogP contribution in [0.15, 0.2) is 12.1 Å². The number of carbonyl (C=O) groups excluding carboxylic acids is 1. The van der Waals surface area contributed by atoms with Crippen LogP contribution in [0.4, 0.5) is 0 Å². The van der Waals surface area contributed by atoms with Crippen LogP contribution >= 0.6 is 22.6 Å². The highest BCUT2D eigenvalue weighted by Gasteiger charge is 2.19. The SMILES string of the molecule is CC(=O)Oc1cc(C(C)(C)O)cc(C)c1I. The fourth-order valence-electron chi connectivity index (χ4n) is 1.32. The second kappa shape index (κ2) is 4.71. The molecular weight excluding hydrogens is 319 g/mol. The van der Waals surface area contributed by atoms with Crippen molar-refractivity contribution in [2.75, 3.05) is 0 Å². The van der Waals surface area contributed by atoms with E-state index in [0.29, 0.717) is 5.75 Å². The van der Waals surface area contributed by atoms with Gasteiger partial charge in [-0.1, -0.05) is 6.07 Å². The highest BCUT2D eigenvalue weighted by molar-refractivity contribution is 14.1. The first kappa shape index (κ1) is 13.4. The van der Waals surface area contributed by atoms with Crippen LogP contribution in [-0.2, 0) is 10.4 Å². The predicted molar refractivity (Wildman–Crippen MR) is 70.4 cm³/mol. The second-order valence-electron chi connectivity index (χ2n) is 4.26. The molecule has 0 unspecified atom stereocenters. The highest BCUT2D eigenvalue weighted by Crippen LogP contribution is 2.31. The van der Waals surface area contributed by atoms with Crippen molar-refractivity contribution < 1.29 is 14.6 Å². The van der Waals surface area contributed by atoms with Gasteiger partial charge < -0.3 is 9.84 Å². The summed E-state index contributed by atoms with van der Waals surface area (Å²) in [4.78, 5) is 10.9. The number of aliphatic hydroxyl groups is 1.